The molecule has 1 N–H and O–H groups in total. The van der Waals surface area contributed by atoms with Gasteiger partial charge in [-0.05, 0) is 24.8 Å². The highest BCUT2D eigenvalue weighted by Gasteiger charge is 2.45. The van der Waals surface area contributed by atoms with E-state index in [-0.39, 0.29) is 24.3 Å². The summed E-state index contributed by atoms with van der Waals surface area (Å²) >= 11 is 0. The minimum atomic E-state index is -0.837. The smallest absolute Gasteiger partial charge is 0.306 e. The van der Waals surface area contributed by atoms with Crippen molar-refractivity contribution in [2.45, 2.75) is 37.6 Å². The van der Waals surface area contributed by atoms with Gasteiger partial charge in [-0.1, -0.05) is 30.3 Å². The average molecular weight is 287 g/mol. The molecule has 2 amide bonds. The number of carboxylic acid groups (broad SMARTS) is 1. The normalized spacial score (nSPS) is 29.1. The van der Waals surface area contributed by atoms with Gasteiger partial charge in [0, 0.05) is 12.5 Å². The molecule has 1 aromatic rings. The summed E-state index contributed by atoms with van der Waals surface area (Å²) in [5.74, 6) is -2.04. The van der Waals surface area contributed by atoms with Crippen LogP contribution in [0.1, 0.15) is 37.2 Å². The van der Waals surface area contributed by atoms with E-state index in [0.717, 1.165) is 5.56 Å². The third-order valence-corrected chi connectivity index (χ3v) is 4.50. The molecule has 1 saturated heterocycles. The Morgan fingerprint density at radius 3 is 2.48 bits per heavy atom. The molecule has 2 fully saturated rings. The van der Waals surface area contributed by atoms with Crippen molar-refractivity contribution in [1.29, 1.82) is 0 Å². The molecular formula is C16H17NO4. The fourth-order valence-electron chi connectivity index (χ4n) is 3.40. The Kier molecular flexibility index (Phi) is 3.49. The van der Waals surface area contributed by atoms with Crippen molar-refractivity contribution in [3.8, 4) is 0 Å². The summed E-state index contributed by atoms with van der Waals surface area (Å²) in [6, 6.07) is 9.04. The van der Waals surface area contributed by atoms with Gasteiger partial charge in [-0.3, -0.25) is 19.3 Å². The summed E-state index contributed by atoms with van der Waals surface area (Å²) < 4.78 is 0. The number of carbonyl (C=O) groups is 3. The molecule has 5 heteroatoms. The van der Waals surface area contributed by atoms with Gasteiger partial charge < -0.3 is 5.11 Å². The lowest BCUT2D eigenvalue weighted by molar-refractivity contribution is -0.144. The van der Waals surface area contributed by atoms with Crippen LogP contribution in [0, 0.1) is 5.92 Å². The molecule has 3 atom stereocenters. The summed E-state index contributed by atoms with van der Waals surface area (Å²) in [5.41, 5.74) is 0.853. The van der Waals surface area contributed by atoms with E-state index >= 15 is 0 Å². The number of nitrogens with zero attached hydrogens (tertiary/aromatic N) is 1. The minimum Gasteiger partial charge on any atom is -0.481 e. The molecular weight excluding hydrogens is 270 g/mol. The van der Waals surface area contributed by atoms with Gasteiger partial charge in [-0.25, -0.2) is 0 Å². The van der Waals surface area contributed by atoms with Crippen LogP contribution in [0.25, 0.3) is 0 Å². The first-order chi connectivity index (χ1) is 10.1. The standard InChI is InChI=1S/C16H17NO4/c18-14-9-13(10-4-2-1-3-5-10)15(19)17(14)12-7-6-11(8-12)16(20)21/h1-5,11-13H,6-9H2,(H,20,21). The maximum Gasteiger partial charge on any atom is 0.306 e. The summed E-state index contributed by atoms with van der Waals surface area (Å²) in [5, 5.41) is 9.05. The Hall–Kier alpha value is -2.17. The molecule has 5 nitrogen and oxygen atoms in total. The van der Waals surface area contributed by atoms with Crippen molar-refractivity contribution in [3.63, 3.8) is 0 Å². The fourth-order valence-corrected chi connectivity index (χ4v) is 3.40. The molecule has 110 valence electrons. The molecule has 1 aromatic carbocycles. The fraction of sp³-hybridized carbons (Fsp3) is 0.438. The van der Waals surface area contributed by atoms with E-state index in [1.54, 1.807) is 0 Å². The molecule has 3 rings (SSSR count). The molecule has 0 aromatic heterocycles. The van der Waals surface area contributed by atoms with Crippen LogP contribution in [-0.4, -0.2) is 33.8 Å². The Bertz CT molecular complexity index is 583. The van der Waals surface area contributed by atoms with Gasteiger partial charge in [0.2, 0.25) is 11.8 Å². The molecule has 1 aliphatic heterocycles. The second-order valence-electron chi connectivity index (χ2n) is 5.77. The van der Waals surface area contributed by atoms with Crippen molar-refractivity contribution in [2.75, 3.05) is 0 Å². The maximum atomic E-state index is 12.5. The van der Waals surface area contributed by atoms with E-state index < -0.39 is 17.8 Å². The molecule has 0 spiro atoms. The van der Waals surface area contributed by atoms with Gasteiger partial charge in [-0.15, -0.1) is 0 Å². The first kappa shape index (κ1) is 13.8. The first-order valence-electron chi connectivity index (χ1n) is 7.21. The van der Waals surface area contributed by atoms with Crippen LogP contribution in [0.5, 0.6) is 0 Å². The van der Waals surface area contributed by atoms with Crippen molar-refractivity contribution in [3.05, 3.63) is 35.9 Å². The Balaban J connectivity index is 1.77. The van der Waals surface area contributed by atoms with Gasteiger partial charge in [0.1, 0.15) is 0 Å². The predicted molar refractivity (Wildman–Crippen MR) is 74.4 cm³/mol. The average Bonchev–Trinajstić information content (AvgIpc) is 3.05. The van der Waals surface area contributed by atoms with E-state index in [1.165, 1.54) is 4.90 Å². The van der Waals surface area contributed by atoms with Crippen molar-refractivity contribution in [1.82, 2.24) is 4.90 Å². The first-order valence-corrected chi connectivity index (χ1v) is 7.21. The monoisotopic (exact) mass is 287 g/mol. The van der Waals surface area contributed by atoms with Gasteiger partial charge in [0.15, 0.2) is 0 Å². The van der Waals surface area contributed by atoms with Gasteiger partial charge in [0.05, 0.1) is 11.8 Å². The summed E-state index contributed by atoms with van der Waals surface area (Å²) in [7, 11) is 0. The van der Waals surface area contributed by atoms with E-state index in [1.807, 2.05) is 30.3 Å². The molecule has 2 aliphatic rings. The van der Waals surface area contributed by atoms with Crippen molar-refractivity contribution in [2.24, 2.45) is 5.92 Å². The number of hydrogen-bond acceptors (Lipinski definition) is 3. The van der Waals surface area contributed by atoms with Crippen molar-refractivity contribution >= 4 is 17.8 Å². The third-order valence-electron chi connectivity index (χ3n) is 4.50. The summed E-state index contributed by atoms with van der Waals surface area (Å²) in [6.45, 7) is 0. The van der Waals surface area contributed by atoms with Crippen LogP contribution in [0.3, 0.4) is 0 Å². The Morgan fingerprint density at radius 1 is 1.14 bits per heavy atom. The number of imide groups is 1. The lowest BCUT2D eigenvalue weighted by atomic mass is 9.98. The van der Waals surface area contributed by atoms with Crippen LogP contribution in [0.4, 0.5) is 0 Å². The highest BCUT2D eigenvalue weighted by Crippen LogP contribution is 2.37. The second kappa shape index (κ2) is 5.31. The van der Waals surface area contributed by atoms with Gasteiger partial charge >= 0.3 is 5.97 Å². The Labute approximate surface area is 122 Å². The quantitative estimate of drug-likeness (QED) is 0.860. The van der Waals surface area contributed by atoms with Crippen LogP contribution in [0.2, 0.25) is 0 Å². The van der Waals surface area contributed by atoms with Gasteiger partial charge in [-0.2, -0.15) is 0 Å². The molecule has 1 aliphatic carbocycles. The highest BCUT2D eigenvalue weighted by molar-refractivity contribution is 6.06. The highest BCUT2D eigenvalue weighted by atomic mass is 16.4. The molecule has 1 heterocycles. The zero-order chi connectivity index (χ0) is 15.0. The number of carboxylic acids is 1. The zero-order valence-corrected chi connectivity index (χ0v) is 11.6. The number of amides is 2. The van der Waals surface area contributed by atoms with E-state index in [0.29, 0.717) is 19.3 Å². The number of likely N-dealkylation sites (tertiary alicyclic amines) is 1. The van der Waals surface area contributed by atoms with E-state index in [4.69, 9.17) is 5.11 Å². The summed E-state index contributed by atoms with van der Waals surface area (Å²) in [6.07, 6.45) is 1.70. The van der Waals surface area contributed by atoms with Crippen molar-refractivity contribution < 1.29 is 19.5 Å². The molecule has 1 saturated carbocycles. The van der Waals surface area contributed by atoms with Crippen LogP contribution < -0.4 is 0 Å². The largest absolute Gasteiger partial charge is 0.481 e. The maximum absolute atomic E-state index is 12.5. The van der Waals surface area contributed by atoms with Crippen LogP contribution in [0.15, 0.2) is 30.3 Å². The Morgan fingerprint density at radius 2 is 1.86 bits per heavy atom. The summed E-state index contributed by atoms with van der Waals surface area (Å²) in [4.78, 5) is 37.1. The number of hydrogen-bond donors (Lipinski definition) is 1. The molecule has 3 unspecified atom stereocenters. The third kappa shape index (κ3) is 2.44. The molecule has 0 radical (unpaired) electrons. The number of benzene rings is 1. The topological polar surface area (TPSA) is 74.7 Å². The van der Waals surface area contributed by atoms with E-state index in [2.05, 4.69) is 0 Å². The lowest BCUT2D eigenvalue weighted by Gasteiger charge is -2.22. The van der Waals surface area contributed by atoms with E-state index in [9.17, 15) is 14.4 Å². The van der Waals surface area contributed by atoms with Crippen LogP contribution in [-0.2, 0) is 14.4 Å². The lowest BCUT2D eigenvalue weighted by Crippen LogP contribution is -2.39. The van der Waals surface area contributed by atoms with Gasteiger partial charge in [0.25, 0.3) is 0 Å². The molecule has 21 heavy (non-hydrogen) atoms. The predicted octanol–water partition coefficient (Wildman–Crippen LogP) is 1.78. The number of rotatable bonds is 3. The number of aliphatic carboxylic acids is 1. The molecule has 0 bridgehead atoms. The number of carbonyl (C=O) groups excluding carboxylic acids is 2. The SMILES string of the molecule is O=C(O)C1CCC(N2C(=O)CC(c3ccccc3)C2=O)C1. The zero-order valence-electron chi connectivity index (χ0n) is 11.6. The minimum absolute atomic E-state index is 0.176. The van der Waals surface area contributed by atoms with Crippen LogP contribution >= 0.6 is 0 Å². The second-order valence-corrected chi connectivity index (χ2v) is 5.77.